The molecule has 2 aromatic rings. The molecule has 0 aliphatic heterocycles. The van der Waals surface area contributed by atoms with Crippen molar-refractivity contribution < 1.29 is 4.79 Å². The number of rotatable bonds is 7. The predicted octanol–water partition coefficient (Wildman–Crippen LogP) is 4.12. The van der Waals surface area contributed by atoms with Gasteiger partial charge in [0.1, 0.15) is 6.04 Å². The van der Waals surface area contributed by atoms with Gasteiger partial charge in [0.2, 0.25) is 5.91 Å². The fourth-order valence-corrected chi connectivity index (χ4v) is 3.01. The van der Waals surface area contributed by atoms with E-state index >= 15 is 0 Å². The maximum absolute atomic E-state index is 12.9. The topological polar surface area (TPSA) is 46.3 Å². The molecular weight excluding hydrogens is 399 g/mol. The Labute approximate surface area is 152 Å². The van der Waals surface area contributed by atoms with Crippen LogP contribution in [-0.2, 0) is 11.3 Å². The molecule has 2 N–H and O–H groups in total. The van der Waals surface area contributed by atoms with Crippen molar-refractivity contribution in [2.45, 2.75) is 32.4 Å². The fraction of sp³-hybridized carbons (Fsp3) is 0.316. The number of nitrogens with two attached hydrogens (primary N) is 1. The summed E-state index contributed by atoms with van der Waals surface area (Å²) in [5.74, 6) is -0.00990. The Morgan fingerprint density at radius 3 is 2.43 bits per heavy atom. The first-order chi connectivity index (χ1) is 11.1. The van der Waals surface area contributed by atoms with Crippen molar-refractivity contribution in [3.8, 4) is 0 Å². The van der Waals surface area contributed by atoms with E-state index in [1.807, 2.05) is 47.4 Å². The van der Waals surface area contributed by atoms with E-state index in [2.05, 4.69) is 41.6 Å². The van der Waals surface area contributed by atoms with Gasteiger partial charge in [0, 0.05) is 16.7 Å². The number of hydrogen-bond donors (Lipinski definition) is 1. The molecule has 1 atom stereocenters. The van der Waals surface area contributed by atoms with Crippen LogP contribution in [-0.4, -0.2) is 17.4 Å². The molecule has 2 aromatic carbocycles. The molecule has 23 heavy (non-hydrogen) atoms. The molecule has 3 nitrogen and oxygen atoms in total. The normalized spacial score (nSPS) is 12.0. The molecule has 0 aliphatic carbocycles. The molecule has 0 aromatic heterocycles. The number of nitrogens with zero attached hydrogens (tertiary/aromatic N) is 1. The third-order valence-electron chi connectivity index (χ3n) is 3.84. The van der Waals surface area contributed by atoms with Crippen molar-refractivity contribution >= 4 is 28.5 Å². The number of benzene rings is 2. The van der Waals surface area contributed by atoms with E-state index in [0.29, 0.717) is 6.54 Å². The zero-order valence-corrected chi connectivity index (χ0v) is 15.6. The molecule has 4 heteroatoms. The van der Waals surface area contributed by atoms with Crippen molar-refractivity contribution in [1.29, 1.82) is 0 Å². The van der Waals surface area contributed by atoms with Gasteiger partial charge in [0.15, 0.2) is 0 Å². The Bertz CT molecular complexity index is 630. The Morgan fingerprint density at radius 2 is 1.78 bits per heavy atom. The highest BCUT2D eigenvalue weighted by atomic mass is 127. The number of halogens is 1. The van der Waals surface area contributed by atoms with Crippen molar-refractivity contribution in [2.75, 3.05) is 6.54 Å². The average molecular weight is 422 g/mol. The molecule has 0 radical (unpaired) electrons. The van der Waals surface area contributed by atoms with Gasteiger partial charge in [-0.25, -0.2) is 0 Å². The lowest BCUT2D eigenvalue weighted by Gasteiger charge is -2.26. The minimum absolute atomic E-state index is 0.00990. The van der Waals surface area contributed by atoms with Crippen LogP contribution in [0.5, 0.6) is 0 Å². The van der Waals surface area contributed by atoms with Crippen LogP contribution in [0.1, 0.15) is 36.9 Å². The predicted molar refractivity (Wildman–Crippen MR) is 103 cm³/mol. The number of unbranched alkanes of at least 4 members (excludes halogenated alkanes) is 1. The van der Waals surface area contributed by atoms with E-state index in [0.717, 1.165) is 30.5 Å². The molecule has 1 amide bonds. The minimum atomic E-state index is -0.602. The van der Waals surface area contributed by atoms with E-state index in [9.17, 15) is 4.79 Å². The first kappa shape index (κ1) is 17.9. The van der Waals surface area contributed by atoms with Crippen LogP contribution in [0.25, 0.3) is 0 Å². The van der Waals surface area contributed by atoms with Gasteiger partial charge in [0.05, 0.1) is 0 Å². The van der Waals surface area contributed by atoms with Crippen LogP contribution >= 0.6 is 22.6 Å². The lowest BCUT2D eigenvalue weighted by molar-refractivity contribution is -0.133. The molecule has 0 heterocycles. The van der Waals surface area contributed by atoms with Gasteiger partial charge in [-0.05, 0) is 46.2 Å². The molecule has 122 valence electrons. The number of amides is 1. The summed E-state index contributed by atoms with van der Waals surface area (Å²) in [6, 6.07) is 17.1. The maximum atomic E-state index is 12.9. The maximum Gasteiger partial charge on any atom is 0.244 e. The highest BCUT2D eigenvalue weighted by Gasteiger charge is 2.22. The number of carbonyl (C=O) groups is 1. The van der Waals surface area contributed by atoms with E-state index < -0.39 is 6.04 Å². The summed E-state index contributed by atoms with van der Waals surface area (Å²) in [7, 11) is 0. The average Bonchev–Trinajstić information content (AvgIpc) is 2.59. The van der Waals surface area contributed by atoms with Gasteiger partial charge >= 0.3 is 0 Å². The van der Waals surface area contributed by atoms with Crippen LogP contribution in [0.2, 0.25) is 0 Å². The highest BCUT2D eigenvalue weighted by Crippen LogP contribution is 2.18. The molecule has 0 spiro atoms. The van der Waals surface area contributed by atoms with Crippen LogP contribution in [0, 0.1) is 3.57 Å². The Morgan fingerprint density at radius 1 is 1.13 bits per heavy atom. The van der Waals surface area contributed by atoms with E-state index in [-0.39, 0.29) is 5.91 Å². The largest absolute Gasteiger partial charge is 0.337 e. The molecule has 0 saturated carbocycles. The van der Waals surface area contributed by atoms with Gasteiger partial charge in [-0.1, -0.05) is 61.9 Å². The fourth-order valence-electron chi connectivity index (χ4n) is 2.45. The van der Waals surface area contributed by atoms with Crippen molar-refractivity contribution in [3.05, 3.63) is 69.3 Å². The third kappa shape index (κ3) is 5.04. The number of hydrogen-bond acceptors (Lipinski definition) is 2. The van der Waals surface area contributed by atoms with Crippen LogP contribution in [0.3, 0.4) is 0 Å². The monoisotopic (exact) mass is 422 g/mol. The van der Waals surface area contributed by atoms with Crippen LogP contribution in [0.15, 0.2) is 54.6 Å². The molecule has 0 bridgehead atoms. The van der Waals surface area contributed by atoms with Crippen molar-refractivity contribution in [3.63, 3.8) is 0 Å². The molecule has 0 saturated heterocycles. The number of carbonyl (C=O) groups excluding carboxylic acids is 1. The highest BCUT2D eigenvalue weighted by molar-refractivity contribution is 14.1. The van der Waals surface area contributed by atoms with Crippen LogP contribution in [0.4, 0.5) is 0 Å². The lowest BCUT2D eigenvalue weighted by Crippen LogP contribution is -2.39. The zero-order valence-electron chi connectivity index (χ0n) is 13.4. The van der Waals surface area contributed by atoms with Gasteiger partial charge in [-0.15, -0.1) is 0 Å². The molecule has 0 unspecified atom stereocenters. The third-order valence-corrected chi connectivity index (χ3v) is 4.89. The summed E-state index contributed by atoms with van der Waals surface area (Å²) < 4.78 is 1.17. The summed E-state index contributed by atoms with van der Waals surface area (Å²) >= 11 is 2.31. The first-order valence-electron chi connectivity index (χ1n) is 7.96. The van der Waals surface area contributed by atoms with E-state index in [1.54, 1.807) is 0 Å². The summed E-state index contributed by atoms with van der Waals surface area (Å²) in [5, 5.41) is 0. The van der Waals surface area contributed by atoms with Gasteiger partial charge in [0.25, 0.3) is 0 Å². The smallest absolute Gasteiger partial charge is 0.244 e. The van der Waals surface area contributed by atoms with E-state index in [4.69, 9.17) is 5.73 Å². The minimum Gasteiger partial charge on any atom is -0.337 e. The molecule has 2 rings (SSSR count). The summed E-state index contributed by atoms with van der Waals surface area (Å²) in [4.78, 5) is 14.8. The SMILES string of the molecule is CCCCN(Cc1ccccc1I)C(=O)[C@@H](N)c1ccccc1. The quantitative estimate of drug-likeness (QED) is 0.683. The molecule has 0 fully saturated rings. The van der Waals surface area contributed by atoms with Crippen LogP contribution < -0.4 is 5.73 Å². The van der Waals surface area contributed by atoms with Gasteiger partial charge < -0.3 is 10.6 Å². The second kappa shape index (κ2) is 9.03. The Balaban J connectivity index is 2.17. The summed E-state index contributed by atoms with van der Waals surface area (Å²) in [6.07, 6.45) is 2.03. The zero-order chi connectivity index (χ0) is 16.7. The molecule has 0 aliphatic rings. The standard InChI is InChI=1S/C19H23IN2O/c1-2-3-13-22(14-16-11-7-8-12-17(16)20)19(23)18(21)15-9-5-4-6-10-15/h4-12,18H,2-3,13-14,21H2,1H3/t18-/m0/s1. The second-order valence-electron chi connectivity index (χ2n) is 5.59. The van der Waals surface area contributed by atoms with Crippen molar-refractivity contribution in [2.24, 2.45) is 5.73 Å². The first-order valence-corrected chi connectivity index (χ1v) is 9.04. The summed E-state index contributed by atoms with van der Waals surface area (Å²) in [6.45, 7) is 3.48. The Hall–Kier alpha value is -1.40. The van der Waals surface area contributed by atoms with Gasteiger partial charge in [-0.3, -0.25) is 4.79 Å². The second-order valence-corrected chi connectivity index (χ2v) is 6.76. The Kier molecular flexibility index (Phi) is 7.05. The lowest BCUT2D eigenvalue weighted by atomic mass is 10.1. The van der Waals surface area contributed by atoms with Crippen molar-refractivity contribution in [1.82, 2.24) is 4.90 Å². The molecular formula is C19H23IN2O. The van der Waals surface area contributed by atoms with Gasteiger partial charge in [-0.2, -0.15) is 0 Å². The summed E-state index contributed by atoms with van der Waals surface area (Å²) in [5.41, 5.74) is 8.24. The van der Waals surface area contributed by atoms with E-state index in [1.165, 1.54) is 3.57 Å².